The summed E-state index contributed by atoms with van der Waals surface area (Å²) >= 11 is 0. The van der Waals surface area contributed by atoms with Crippen molar-refractivity contribution in [3.63, 3.8) is 0 Å². The molecule has 4 nitrogen and oxygen atoms in total. The van der Waals surface area contributed by atoms with E-state index in [2.05, 4.69) is 22.5 Å². The highest BCUT2D eigenvalue weighted by atomic mass is 16.1. The average Bonchev–Trinajstić information content (AvgIpc) is 2.41. The molecule has 0 radical (unpaired) electrons. The molecule has 4 heteroatoms. The van der Waals surface area contributed by atoms with E-state index in [1.165, 1.54) is 19.3 Å². The lowest BCUT2D eigenvalue weighted by Gasteiger charge is -2.29. The minimum atomic E-state index is -0.0589. The van der Waals surface area contributed by atoms with Crippen molar-refractivity contribution in [3.05, 3.63) is 24.0 Å². The zero-order chi connectivity index (χ0) is 13.0. The van der Waals surface area contributed by atoms with Crippen LogP contribution in [0, 0.1) is 5.92 Å². The van der Waals surface area contributed by atoms with Crippen molar-refractivity contribution in [3.8, 4) is 0 Å². The summed E-state index contributed by atoms with van der Waals surface area (Å²) in [6.07, 6.45) is 6.46. The van der Waals surface area contributed by atoms with E-state index in [0.717, 1.165) is 12.1 Å². The fourth-order valence-corrected chi connectivity index (χ4v) is 2.45. The Labute approximate surface area is 108 Å². The molecule has 1 fully saturated rings. The average molecular weight is 247 g/mol. The summed E-state index contributed by atoms with van der Waals surface area (Å²) < 4.78 is 0. The molecule has 1 saturated carbocycles. The van der Waals surface area contributed by atoms with E-state index < -0.39 is 0 Å². The Morgan fingerprint density at radius 1 is 1.33 bits per heavy atom. The first kappa shape index (κ1) is 12.9. The van der Waals surface area contributed by atoms with Gasteiger partial charge in [0.1, 0.15) is 5.69 Å². The monoisotopic (exact) mass is 247 g/mol. The van der Waals surface area contributed by atoms with Crippen LogP contribution in [0.3, 0.4) is 0 Å². The molecule has 0 bridgehead atoms. The van der Waals surface area contributed by atoms with Crippen LogP contribution in [0.4, 0.5) is 5.69 Å². The molecule has 1 aromatic heterocycles. The molecule has 0 aliphatic heterocycles. The highest BCUT2D eigenvalue weighted by Crippen LogP contribution is 2.23. The number of nitrogens with one attached hydrogen (secondary N) is 2. The van der Waals surface area contributed by atoms with Crippen LogP contribution in [0.25, 0.3) is 0 Å². The van der Waals surface area contributed by atoms with Crippen molar-refractivity contribution in [2.24, 2.45) is 5.92 Å². The number of anilines is 1. The third-order valence-corrected chi connectivity index (χ3v) is 3.71. The zero-order valence-electron chi connectivity index (χ0n) is 11.1. The zero-order valence-corrected chi connectivity index (χ0v) is 11.1. The summed E-state index contributed by atoms with van der Waals surface area (Å²) in [4.78, 5) is 16.2. The standard InChI is InChI=1S/C14H21N3O/c1-10-5-3-4-6-12(10)17-14(18)13-8-7-11(15-2)9-16-13/h7-10,12,15H,3-6H2,1-2H3,(H,17,18). The van der Waals surface area contributed by atoms with Crippen LogP contribution in [0.1, 0.15) is 43.1 Å². The van der Waals surface area contributed by atoms with E-state index in [0.29, 0.717) is 17.7 Å². The van der Waals surface area contributed by atoms with Gasteiger partial charge in [0.05, 0.1) is 11.9 Å². The Morgan fingerprint density at radius 2 is 2.11 bits per heavy atom. The number of rotatable bonds is 3. The molecule has 0 spiro atoms. The molecule has 1 amide bonds. The van der Waals surface area contributed by atoms with Gasteiger partial charge in [0.15, 0.2) is 0 Å². The molecular weight excluding hydrogens is 226 g/mol. The summed E-state index contributed by atoms with van der Waals surface area (Å²) in [5.74, 6) is 0.510. The van der Waals surface area contributed by atoms with Crippen molar-refractivity contribution < 1.29 is 4.79 Å². The molecule has 1 heterocycles. The first-order valence-corrected chi connectivity index (χ1v) is 6.65. The van der Waals surface area contributed by atoms with Gasteiger partial charge in [0, 0.05) is 13.1 Å². The van der Waals surface area contributed by atoms with Gasteiger partial charge in [0.2, 0.25) is 0 Å². The molecule has 98 valence electrons. The largest absolute Gasteiger partial charge is 0.387 e. The Balaban J connectivity index is 1.97. The number of carbonyl (C=O) groups is 1. The van der Waals surface area contributed by atoms with Crippen molar-refractivity contribution in [2.75, 3.05) is 12.4 Å². The number of pyridine rings is 1. The van der Waals surface area contributed by atoms with Crippen molar-refractivity contribution >= 4 is 11.6 Å². The lowest BCUT2D eigenvalue weighted by atomic mass is 9.86. The van der Waals surface area contributed by atoms with Crippen LogP contribution in [0.2, 0.25) is 0 Å². The normalized spacial score (nSPS) is 23.4. The molecule has 1 aromatic rings. The van der Waals surface area contributed by atoms with Crippen molar-refractivity contribution in [2.45, 2.75) is 38.6 Å². The summed E-state index contributed by atoms with van der Waals surface area (Å²) in [6.45, 7) is 2.21. The second-order valence-electron chi connectivity index (χ2n) is 5.02. The first-order valence-electron chi connectivity index (χ1n) is 6.65. The topological polar surface area (TPSA) is 54.0 Å². The van der Waals surface area contributed by atoms with Crippen LogP contribution in [0.15, 0.2) is 18.3 Å². The molecule has 18 heavy (non-hydrogen) atoms. The maximum absolute atomic E-state index is 12.1. The Bertz CT molecular complexity index is 402. The quantitative estimate of drug-likeness (QED) is 0.862. The highest BCUT2D eigenvalue weighted by Gasteiger charge is 2.23. The number of nitrogens with zero attached hydrogens (tertiary/aromatic N) is 1. The molecule has 2 rings (SSSR count). The fourth-order valence-electron chi connectivity index (χ4n) is 2.45. The third kappa shape index (κ3) is 3.00. The van der Waals surface area contributed by atoms with E-state index >= 15 is 0 Å². The van der Waals surface area contributed by atoms with E-state index in [9.17, 15) is 4.79 Å². The van der Waals surface area contributed by atoms with Gasteiger partial charge < -0.3 is 10.6 Å². The van der Waals surface area contributed by atoms with Gasteiger partial charge in [0.25, 0.3) is 5.91 Å². The highest BCUT2D eigenvalue weighted by molar-refractivity contribution is 5.92. The Kier molecular flexibility index (Phi) is 4.18. The maximum atomic E-state index is 12.1. The predicted molar refractivity (Wildman–Crippen MR) is 72.7 cm³/mol. The lowest BCUT2D eigenvalue weighted by Crippen LogP contribution is -2.41. The van der Waals surface area contributed by atoms with Crippen molar-refractivity contribution in [1.29, 1.82) is 0 Å². The van der Waals surface area contributed by atoms with Gasteiger partial charge in [-0.1, -0.05) is 19.8 Å². The van der Waals surface area contributed by atoms with Crippen LogP contribution >= 0.6 is 0 Å². The van der Waals surface area contributed by atoms with Crippen LogP contribution in [-0.4, -0.2) is 24.0 Å². The van der Waals surface area contributed by atoms with Crippen molar-refractivity contribution in [1.82, 2.24) is 10.3 Å². The summed E-state index contributed by atoms with van der Waals surface area (Å²) in [6, 6.07) is 3.93. The summed E-state index contributed by atoms with van der Waals surface area (Å²) in [5.41, 5.74) is 1.41. The number of aromatic nitrogens is 1. The molecule has 1 aliphatic rings. The van der Waals surface area contributed by atoms with Gasteiger partial charge in [-0.2, -0.15) is 0 Å². The number of carbonyl (C=O) groups excluding carboxylic acids is 1. The van der Waals surface area contributed by atoms with Gasteiger partial charge in [-0.25, -0.2) is 4.98 Å². The van der Waals surface area contributed by atoms with Gasteiger partial charge >= 0.3 is 0 Å². The van der Waals surface area contributed by atoms with E-state index in [4.69, 9.17) is 0 Å². The minimum absolute atomic E-state index is 0.0589. The molecule has 2 N–H and O–H groups in total. The number of hydrogen-bond acceptors (Lipinski definition) is 3. The van der Waals surface area contributed by atoms with Crippen LogP contribution in [-0.2, 0) is 0 Å². The third-order valence-electron chi connectivity index (χ3n) is 3.71. The number of amides is 1. The maximum Gasteiger partial charge on any atom is 0.270 e. The second kappa shape index (κ2) is 5.85. The fraction of sp³-hybridized carbons (Fsp3) is 0.571. The summed E-state index contributed by atoms with van der Waals surface area (Å²) in [5, 5.41) is 6.09. The minimum Gasteiger partial charge on any atom is -0.387 e. The number of hydrogen-bond donors (Lipinski definition) is 2. The molecule has 2 atom stereocenters. The van der Waals surface area contributed by atoms with E-state index in [-0.39, 0.29) is 5.91 Å². The van der Waals surface area contributed by atoms with E-state index in [1.807, 2.05) is 13.1 Å². The molecule has 1 aliphatic carbocycles. The molecule has 0 aromatic carbocycles. The molecule has 0 saturated heterocycles. The predicted octanol–water partition coefficient (Wildman–Crippen LogP) is 2.43. The first-order chi connectivity index (χ1) is 8.70. The van der Waals surface area contributed by atoms with Crippen LogP contribution < -0.4 is 10.6 Å². The van der Waals surface area contributed by atoms with Gasteiger partial charge in [-0.05, 0) is 30.9 Å². The van der Waals surface area contributed by atoms with E-state index in [1.54, 1.807) is 12.3 Å². The Morgan fingerprint density at radius 3 is 2.72 bits per heavy atom. The Hall–Kier alpha value is -1.58. The lowest BCUT2D eigenvalue weighted by molar-refractivity contribution is 0.0905. The SMILES string of the molecule is CNc1ccc(C(=O)NC2CCCCC2C)nc1. The smallest absolute Gasteiger partial charge is 0.270 e. The molecule has 2 unspecified atom stereocenters. The van der Waals surface area contributed by atoms with Crippen LogP contribution in [0.5, 0.6) is 0 Å². The van der Waals surface area contributed by atoms with Gasteiger partial charge in [-0.15, -0.1) is 0 Å². The van der Waals surface area contributed by atoms with Gasteiger partial charge in [-0.3, -0.25) is 4.79 Å². The second-order valence-corrected chi connectivity index (χ2v) is 5.02. The molecular formula is C14H21N3O. The summed E-state index contributed by atoms with van der Waals surface area (Å²) in [7, 11) is 1.83.